The zero-order chi connectivity index (χ0) is 35.3. The van der Waals surface area contributed by atoms with Crippen molar-refractivity contribution >= 4 is 11.7 Å². The lowest BCUT2D eigenvalue weighted by Crippen LogP contribution is -2.40. The van der Waals surface area contributed by atoms with Crippen molar-refractivity contribution in [1.82, 2.24) is 9.55 Å². The lowest BCUT2D eigenvalue weighted by atomic mass is 9.79. The Morgan fingerprint density at radius 1 is 0.880 bits per heavy atom. The quantitative estimate of drug-likeness (QED) is 0.173. The van der Waals surface area contributed by atoms with Gasteiger partial charge in [0.25, 0.3) is 5.91 Å². The normalized spacial score (nSPS) is 18.8. The molecule has 11 nitrogen and oxygen atoms in total. The van der Waals surface area contributed by atoms with Crippen molar-refractivity contribution in [3.63, 3.8) is 0 Å². The number of carbonyl (C=O) groups is 1. The first-order chi connectivity index (χ1) is 24.3. The maximum Gasteiger partial charge on any atom is 0.351 e. The number of ether oxygens (including phenoxy) is 5. The van der Waals surface area contributed by atoms with Crippen molar-refractivity contribution in [1.29, 1.82) is 0 Å². The van der Waals surface area contributed by atoms with Crippen LogP contribution in [0.5, 0.6) is 11.5 Å². The summed E-state index contributed by atoms with van der Waals surface area (Å²) in [6, 6.07) is 33.6. The van der Waals surface area contributed by atoms with E-state index in [4.69, 9.17) is 23.7 Å². The molecule has 2 heterocycles. The molecule has 0 saturated carbocycles. The molecule has 5 aromatic rings. The van der Waals surface area contributed by atoms with Crippen LogP contribution >= 0.6 is 0 Å². The van der Waals surface area contributed by atoms with Crippen LogP contribution in [-0.4, -0.2) is 66.8 Å². The standard InChI is InChI=1S/C39H39N3O8/c1-25-23-42(38(45)41-35(25)40-36(44)26-15-8-5-9-16-26)37-34(48-4)32(43)31(50-37)24-49-39(27-17-10-6-11-18-27,28-19-12-7-13-20-28)29-21-14-22-30(46-2)33(29)47-3/h5-23,31-32,34,37,43H,24H2,1-4H3,(H,40,41,44,45). The number of aliphatic hydroxyl groups is 1. The number of methoxy groups -OCH3 is 3. The van der Waals surface area contributed by atoms with Gasteiger partial charge in [-0.1, -0.05) is 91.0 Å². The molecule has 6 rings (SSSR count). The van der Waals surface area contributed by atoms with Crippen LogP contribution in [-0.2, 0) is 19.8 Å². The maximum absolute atomic E-state index is 13.4. The Morgan fingerprint density at radius 3 is 2.08 bits per heavy atom. The maximum atomic E-state index is 13.4. The molecule has 1 aromatic heterocycles. The van der Waals surface area contributed by atoms with Gasteiger partial charge in [0.05, 0.1) is 20.8 Å². The van der Waals surface area contributed by atoms with Gasteiger partial charge < -0.3 is 34.1 Å². The number of nitrogens with one attached hydrogen (secondary N) is 1. The summed E-state index contributed by atoms with van der Waals surface area (Å²) in [5.74, 6) is 0.726. The first-order valence-electron chi connectivity index (χ1n) is 16.1. The number of carbonyl (C=O) groups excluding carboxylic acids is 1. The van der Waals surface area contributed by atoms with Crippen molar-refractivity contribution in [3.8, 4) is 11.5 Å². The van der Waals surface area contributed by atoms with Gasteiger partial charge in [0, 0.05) is 30.0 Å². The SMILES string of the molecule is COc1cccc(C(OCC2OC(n3cc(C)c(NC(=O)c4ccccc4)nc3=O)C(OC)C2O)(c2ccccc2)c2ccccc2)c1OC. The number of para-hydroxylation sites is 1. The molecule has 11 heteroatoms. The summed E-state index contributed by atoms with van der Waals surface area (Å²) in [6.07, 6.45) is -2.58. The number of nitrogens with zero attached hydrogens (tertiary/aromatic N) is 2. The highest BCUT2D eigenvalue weighted by molar-refractivity contribution is 6.04. The highest BCUT2D eigenvalue weighted by Gasteiger charge is 2.48. The van der Waals surface area contributed by atoms with Gasteiger partial charge in [0.1, 0.15) is 29.7 Å². The minimum absolute atomic E-state index is 0.117. The van der Waals surface area contributed by atoms with E-state index in [2.05, 4.69) is 10.3 Å². The molecule has 0 spiro atoms. The first-order valence-corrected chi connectivity index (χ1v) is 16.1. The predicted molar refractivity (Wildman–Crippen MR) is 187 cm³/mol. The molecule has 0 radical (unpaired) electrons. The zero-order valence-electron chi connectivity index (χ0n) is 28.2. The molecule has 50 heavy (non-hydrogen) atoms. The smallest absolute Gasteiger partial charge is 0.351 e. The fourth-order valence-corrected chi connectivity index (χ4v) is 6.42. The molecule has 1 aliphatic rings. The highest BCUT2D eigenvalue weighted by Crippen LogP contribution is 2.48. The third-order valence-corrected chi connectivity index (χ3v) is 8.87. The summed E-state index contributed by atoms with van der Waals surface area (Å²) in [4.78, 5) is 30.3. The molecule has 1 aliphatic heterocycles. The number of hydrogen-bond donors (Lipinski definition) is 2. The van der Waals surface area contributed by atoms with Crippen LogP contribution in [0.4, 0.5) is 5.82 Å². The van der Waals surface area contributed by atoms with E-state index in [1.54, 1.807) is 51.5 Å². The molecule has 4 atom stereocenters. The van der Waals surface area contributed by atoms with Crippen molar-refractivity contribution in [2.75, 3.05) is 33.3 Å². The van der Waals surface area contributed by atoms with Gasteiger partial charge in [-0.15, -0.1) is 0 Å². The molecule has 2 N–H and O–H groups in total. The Labute approximate surface area is 290 Å². The van der Waals surface area contributed by atoms with E-state index in [1.165, 1.54) is 17.9 Å². The summed E-state index contributed by atoms with van der Waals surface area (Å²) in [5, 5.41) is 14.3. The van der Waals surface area contributed by atoms with Crippen LogP contribution in [0.2, 0.25) is 0 Å². The van der Waals surface area contributed by atoms with E-state index in [9.17, 15) is 14.7 Å². The van der Waals surface area contributed by atoms with Crippen molar-refractivity contribution < 1.29 is 33.6 Å². The van der Waals surface area contributed by atoms with Gasteiger partial charge >= 0.3 is 5.69 Å². The monoisotopic (exact) mass is 677 g/mol. The van der Waals surface area contributed by atoms with Gasteiger partial charge in [0.2, 0.25) is 0 Å². The second-order valence-electron chi connectivity index (χ2n) is 11.8. The molecule has 258 valence electrons. The van der Waals surface area contributed by atoms with Gasteiger partial charge in [-0.25, -0.2) is 4.79 Å². The van der Waals surface area contributed by atoms with Crippen molar-refractivity contribution in [3.05, 3.63) is 154 Å². The third kappa shape index (κ3) is 6.51. The van der Waals surface area contributed by atoms with E-state index in [0.717, 1.165) is 11.1 Å². The summed E-state index contributed by atoms with van der Waals surface area (Å²) in [6.45, 7) is 1.60. The topological polar surface area (TPSA) is 130 Å². The largest absolute Gasteiger partial charge is 0.493 e. The van der Waals surface area contributed by atoms with E-state index in [0.29, 0.717) is 28.2 Å². The molecule has 0 bridgehead atoms. The predicted octanol–water partition coefficient (Wildman–Crippen LogP) is 5.10. The zero-order valence-corrected chi connectivity index (χ0v) is 28.2. The summed E-state index contributed by atoms with van der Waals surface area (Å²) in [7, 11) is 4.59. The van der Waals surface area contributed by atoms with E-state index < -0.39 is 41.7 Å². The Balaban J connectivity index is 1.35. The van der Waals surface area contributed by atoms with Crippen molar-refractivity contribution in [2.45, 2.75) is 37.1 Å². The lowest BCUT2D eigenvalue weighted by molar-refractivity contribution is -0.0970. The van der Waals surface area contributed by atoms with E-state index in [-0.39, 0.29) is 12.4 Å². The number of aromatic nitrogens is 2. The summed E-state index contributed by atoms with van der Waals surface area (Å²) >= 11 is 0. The number of amides is 1. The lowest BCUT2D eigenvalue weighted by Gasteiger charge is -2.38. The Morgan fingerprint density at radius 2 is 1.50 bits per heavy atom. The molecular weight excluding hydrogens is 638 g/mol. The molecule has 1 amide bonds. The average Bonchev–Trinajstić information content (AvgIpc) is 3.48. The minimum atomic E-state index is -1.25. The molecule has 0 aliphatic carbocycles. The van der Waals surface area contributed by atoms with Crippen LogP contribution in [0.25, 0.3) is 0 Å². The van der Waals surface area contributed by atoms with Crippen LogP contribution in [0.1, 0.15) is 38.8 Å². The number of aryl methyl sites for hydroxylation is 1. The first kappa shape index (κ1) is 34.5. The van der Waals surface area contributed by atoms with Crippen LogP contribution in [0.3, 0.4) is 0 Å². The number of aliphatic hydroxyl groups excluding tert-OH is 1. The Kier molecular flexibility index (Phi) is 10.4. The Hall–Kier alpha value is -5.33. The van der Waals surface area contributed by atoms with Crippen molar-refractivity contribution in [2.24, 2.45) is 0 Å². The molecule has 1 fully saturated rings. The second kappa shape index (κ2) is 15.1. The molecule has 1 saturated heterocycles. The second-order valence-corrected chi connectivity index (χ2v) is 11.8. The minimum Gasteiger partial charge on any atom is -0.493 e. The fraction of sp³-hybridized carbons (Fsp3) is 0.256. The summed E-state index contributed by atoms with van der Waals surface area (Å²) < 4.78 is 31.9. The average molecular weight is 678 g/mol. The van der Waals surface area contributed by atoms with Crippen LogP contribution in [0.15, 0.2) is 120 Å². The number of rotatable bonds is 12. The molecule has 4 unspecified atom stereocenters. The van der Waals surface area contributed by atoms with Crippen LogP contribution < -0.4 is 20.5 Å². The van der Waals surface area contributed by atoms with Gasteiger partial charge in [-0.2, -0.15) is 4.98 Å². The Bertz CT molecular complexity index is 1930. The van der Waals surface area contributed by atoms with E-state index in [1.807, 2.05) is 78.9 Å². The molecule has 4 aromatic carbocycles. The number of hydrogen-bond acceptors (Lipinski definition) is 9. The molecular formula is C39H39N3O8. The van der Waals surface area contributed by atoms with Gasteiger partial charge in [-0.05, 0) is 36.2 Å². The number of benzene rings is 4. The number of anilines is 1. The van der Waals surface area contributed by atoms with Gasteiger partial charge in [0.15, 0.2) is 17.7 Å². The van der Waals surface area contributed by atoms with Gasteiger partial charge in [-0.3, -0.25) is 9.36 Å². The van der Waals surface area contributed by atoms with E-state index >= 15 is 0 Å². The fourth-order valence-electron chi connectivity index (χ4n) is 6.42. The summed E-state index contributed by atoms with van der Waals surface area (Å²) in [5.41, 5.74) is 1.27. The van der Waals surface area contributed by atoms with Crippen LogP contribution in [0, 0.1) is 6.92 Å². The third-order valence-electron chi connectivity index (χ3n) is 8.87. The highest BCUT2D eigenvalue weighted by atomic mass is 16.6.